The van der Waals surface area contributed by atoms with Crippen molar-refractivity contribution in [2.75, 3.05) is 6.54 Å². The summed E-state index contributed by atoms with van der Waals surface area (Å²) >= 11 is 0. The van der Waals surface area contributed by atoms with E-state index in [9.17, 15) is 9.59 Å². The van der Waals surface area contributed by atoms with Gasteiger partial charge in [0, 0.05) is 24.2 Å². The first-order chi connectivity index (χ1) is 10.4. The Morgan fingerprint density at radius 3 is 2.73 bits per heavy atom. The average molecular weight is 303 g/mol. The number of hydrogen-bond acceptors (Lipinski definition) is 5. The molecule has 2 aromatic heterocycles. The standard InChI is InChI=1S/C15H17N3O4/c1-8(13-9(2)18-22-10(13)3)7-17-14(19)12-6-11(15(20)21)4-5-16-12/h4-6,8H,7H2,1-3H3,(H,17,19)(H,20,21). The fraction of sp³-hybridized carbons (Fsp3) is 0.333. The summed E-state index contributed by atoms with van der Waals surface area (Å²) in [4.78, 5) is 26.8. The normalized spacial score (nSPS) is 12.0. The highest BCUT2D eigenvalue weighted by atomic mass is 16.5. The van der Waals surface area contributed by atoms with Crippen LogP contribution in [-0.4, -0.2) is 33.7 Å². The maximum Gasteiger partial charge on any atom is 0.335 e. The molecule has 0 saturated carbocycles. The summed E-state index contributed by atoms with van der Waals surface area (Å²) in [6.45, 7) is 6.00. The summed E-state index contributed by atoms with van der Waals surface area (Å²) in [7, 11) is 0. The minimum absolute atomic E-state index is 0.0258. The second-order valence-corrected chi connectivity index (χ2v) is 5.08. The third-order valence-electron chi connectivity index (χ3n) is 3.39. The number of carboxylic acid groups (broad SMARTS) is 1. The molecule has 0 aliphatic carbocycles. The zero-order valence-corrected chi connectivity index (χ0v) is 12.6. The molecule has 0 spiro atoms. The number of carbonyl (C=O) groups excluding carboxylic acids is 1. The SMILES string of the molecule is Cc1noc(C)c1C(C)CNC(=O)c1cc(C(=O)O)ccn1. The Bertz CT molecular complexity index is 689. The smallest absolute Gasteiger partial charge is 0.335 e. The van der Waals surface area contributed by atoms with Gasteiger partial charge < -0.3 is 14.9 Å². The van der Waals surface area contributed by atoms with Crippen molar-refractivity contribution in [3.8, 4) is 0 Å². The largest absolute Gasteiger partial charge is 0.478 e. The van der Waals surface area contributed by atoms with Crippen LogP contribution in [0.1, 0.15) is 50.7 Å². The van der Waals surface area contributed by atoms with Crippen LogP contribution in [-0.2, 0) is 0 Å². The second kappa shape index (κ2) is 6.38. The maximum atomic E-state index is 12.1. The number of carbonyl (C=O) groups is 2. The van der Waals surface area contributed by atoms with Crippen molar-refractivity contribution >= 4 is 11.9 Å². The highest BCUT2D eigenvalue weighted by Gasteiger charge is 2.18. The minimum atomic E-state index is -1.10. The van der Waals surface area contributed by atoms with Gasteiger partial charge in [0.05, 0.1) is 11.3 Å². The molecular formula is C15H17N3O4. The Morgan fingerprint density at radius 2 is 2.14 bits per heavy atom. The zero-order valence-electron chi connectivity index (χ0n) is 12.6. The van der Waals surface area contributed by atoms with Crippen LogP contribution in [0.25, 0.3) is 0 Å². The number of aromatic carboxylic acids is 1. The molecule has 22 heavy (non-hydrogen) atoms. The van der Waals surface area contributed by atoms with Gasteiger partial charge in [-0.25, -0.2) is 4.79 Å². The van der Waals surface area contributed by atoms with Gasteiger partial charge in [0.1, 0.15) is 11.5 Å². The highest BCUT2D eigenvalue weighted by Crippen LogP contribution is 2.22. The van der Waals surface area contributed by atoms with E-state index in [1.165, 1.54) is 18.3 Å². The van der Waals surface area contributed by atoms with Crippen LogP contribution in [0.4, 0.5) is 0 Å². The van der Waals surface area contributed by atoms with Crippen LogP contribution in [0.15, 0.2) is 22.9 Å². The van der Waals surface area contributed by atoms with Crippen molar-refractivity contribution in [3.63, 3.8) is 0 Å². The number of pyridine rings is 1. The van der Waals surface area contributed by atoms with Crippen LogP contribution in [0, 0.1) is 13.8 Å². The number of amides is 1. The lowest BCUT2D eigenvalue weighted by Gasteiger charge is -2.12. The lowest BCUT2D eigenvalue weighted by molar-refractivity contribution is 0.0696. The molecule has 1 amide bonds. The summed E-state index contributed by atoms with van der Waals surface area (Å²) in [5.74, 6) is -0.759. The van der Waals surface area contributed by atoms with Crippen LogP contribution in [0.5, 0.6) is 0 Å². The van der Waals surface area contributed by atoms with Crippen LogP contribution >= 0.6 is 0 Å². The number of nitrogens with zero attached hydrogens (tertiary/aromatic N) is 2. The molecule has 0 fully saturated rings. The van der Waals surface area contributed by atoms with Crippen molar-refractivity contribution in [2.24, 2.45) is 0 Å². The summed E-state index contributed by atoms with van der Waals surface area (Å²) in [6, 6.07) is 2.59. The number of nitrogens with one attached hydrogen (secondary N) is 1. The maximum absolute atomic E-state index is 12.1. The van der Waals surface area contributed by atoms with E-state index >= 15 is 0 Å². The van der Waals surface area contributed by atoms with E-state index in [4.69, 9.17) is 9.63 Å². The zero-order chi connectivity index (χ0) is 16.3. The van der Waals surface area contributed by atoms with Crippen molar-refractivity contribution in [1.29, 1.82) is 0 Å². The molecule has 7 heteroatoms. The van der Waals surface area contributed by atoms with Crippen molar-refractivity contribution < 1.29 is 19.2 Å². The van der Waals surface area contributed by atoms with Crippen molar-refractivity contribution in [1.82, 2.24) is 15.5 Å². The predicted octanol–water partition coefficient (Wildman–Crippen LogP) is 1.92. The van der Waals surface area contributed by atoms with E-state index in [-0.39, 0.29) is 17.2 Å². The molecule has 0 aliphatic rings. The van der Waals surface area contributed by atoms with Gasteiger partial charge in [-0.2, -0.15) is 0 Å². The molecule has 1 unspecified atom stereocenters. The summed E-state index contributed by atoms with van der Waals surface area (Å²) in [6.07, 6.45) is 1.30. The molecule has 0 saturated heterocycles. The Kier molecular flexibility index (Phi) is 4.55. The topological polar surface area (TPSA) is 105 Å². The lowest BCUT2D eigenvalue weighted by Crippen LogP contribution is -2.28. The Labute approximate surface area is 127 Å². The summed E-state index contributed by atoms with van der Waals surface area (Å²) in [5, 5.41) is 15.6. The molecule has 116 valence electrons. The van der Waals surface area contributed by atoms with Gasteiger partial charge in [0.2, 0.25) is 0 Å². The fourth-order valence-electron chi connectivity index (χ4n) is 2.32. The number of rotatable bonds is 5. The predicted molar refractivity (Wildman–Crippen MR) is 77.9 cm³/mol. The minimum Gasteiger partial charge on any atom is -0.478 e. The van der Waals surface area contributed by atoms with Gasteiger partial charge in [-0.3, -0.25) is 9.78 Å². The van der Waals surface area contributed by atoms with E-state index < -0.39 is 11.9 Å². The first-order valence-corrected chi connectivity index (χ1v) is 6.80. The lowest BCUT2D eigenvalue weighted by atomic mass is 9.99. The average Bonchev–Trinajstić information content (AvgIpc) is 2.83. The van der Waals surface area contributed by atoms with Crippen LogP contribution in [0.3, 0.4) is 0 Å². The van der Waals surface area contributed by atoms with Crippen LogP contribution < -0.4 is 5.32 Å². The molecule has 2 N–H and O–H groups in total. The number of hydrogen-bond donors (Lipinski definition) is 2. The molecule has 7 nitrogen and oxygen atoms in total. The number of carboxylic acids is 1. The Hall–Kier alpha value is -2.70. The molecule has 0 bridgehead atoms. The summed E-state index contributed by atoms with van der Waals surface area (Å²) in [5.41, 5.74) is 1.86. The summed E-state index contributed by atoms with van der Waals surface area (Å²) < 4.78 is 5.11. The molecule has 1 atom stereocenters. The van der Waals surface area contributed by atoms with Gasteiger partial charge in [-0.05, 0) is 26.0 Å². The van der Waals surface area contributed by atoms with Gasteiger partial charge in [-0.15, -0.1) is 0 Å². The number of aryl methyl sites for hydroxylation is 2. The monoisotopic (exact) mass is 303 g/mol. The quantitative estimate of drug-likeness (QED) is 0.874. The van der Waals surface area contributed by atoms with E-state index in [1.807, 2.05) is 20.8 Å². The van der Waals surface area contributed by atoms with Crippen molar-refractivity contribution in [2.45, 2.75) is 26.7 Å². The van der Waals surface area contributed by atoms with Gasteiger partial charge in [0.15, 0.2) is 0 Å². The highest BCUT2D eigenvalue weighted by molar-refractivity contribution is 5.95. The Morgan fingerprint density at radius 1 is 1.41 bits per heavy atom. The van der Waals surface area contributed by atoms with E-state index in [0.29, 0.717) is 6.54 Å². The molecule has 0 radical (unpaired) electrons. The molecule has 2 rings (SSSR count). The Balaban J connectivity index is 2.04. The van der Waals surface area contributed by atoms with Crippen molar-refractivity contribution in [3.05, 3.63) is 46.6 Å². The molecule has 0 aromatic carbocycles. The fourth-order valence-corrected chi connectivity index (χ4v) is 2.32. The first kappa shape index (κ1) is 15.7. The molecule has 0 aliphatic heterocycles. The third-order valence-corrected chi connectivity index (χ3v) is 3.39. The van der Waals surface area contributed by atoms with E-state index in [0.717, 1.165) is 17.0 Å². The second-order valence-electron chi connectivity index (χ2n) is 5.08. The van der Waals surface area contributed by atoms with E-state index in [2.05, 4.69) is 15.5 Å². The van der Waals surface area contributed by atoms with Gasteiger partial charge >= 0.3 is 5.97 Å². The van der Waals surface area contributed by atoms with E-state index in [1.54, 1.807) is 0 Å². The van der Waals surface area contributed by atoms with Gasteiger partial charge in [0.25, 0.3) is 5.91 Å². The van der Waals surface area contributed by atoms with Crippen LogP contribution in [0.2, 0.25) is 0 Å². The number of aromatic nitrogens is 2. The van der Waals surface area contributed by atoms with Gasteiger partial charge in [-0.1, -0.05) is 12.1 Å². The third kappa shape index (κ3) is 3.30. The molecular weight excluding hydrogens is 286 g/mol. The first-order valence-electron chi connectivity index (χ1n) is 6.80. The molecule has 2 aromatic rings. The molecule has 2 heterocycles.